The van der Waals surface area contributed by atoms with E-state index in [1.807, 2.05) is 6.92 Å². The van der Waals surface area contributed by atoms with Gasteiger partial charge in [0, 0.05) is 12.2 Å². The van der Waals surface area contributed by atoms with Gasteiger partial charge >= 0.3 is 5.97 Å². The molecule has 0 aromatic rings. The third kappa shape index (κ3) is 5.36. The summed E-state index contributed by atoms with van der Waals surface area (Å²) in [5, 5.41) is 11.7. The molecule has 0 spiro atoms. The van der Waals surface area contributed by atoms with Crippen LogP contribution in [-0.4, -0.2) is 51.5 Å². The lowest BCUT2D eigenvalue weighted by atomic mass is 10.1. The Morgan fingerprint density at radius 3 is 2.82 bits per heavy atom. The quantitative estimate of drug-likeness (QED) is 0.628. The van der Waals surface area contributed by atoms with E-state index in [-0.39, 0.29) is 11.8 Å². The van der Waals surface area contributed by atoms with Crippen LogP contribution in [0.1, 0.15) is 39.0 Å². The molecule has 1 rings (SSSR count). The van der Waals surface area contributed by atoms with Gasteiger partial charge in [-0.2, -0.15) is 0 Å². The maximum absolute atomic E-state index is 12.3. The molecule has 0 bridgehead atoms. The van der Waals surface area contributed by atoms with Crippen LogP contribution in [0, 0.1) is 0 Å². The molecule has 6 nitrogen and oxygen atoms in total. The molecule has 1 aliphatic heterocycles. The normalized spacial score (nSPS) is 18.8. The van der Waals surface area contributed by atoms with E-state index in [4.69, 9.17) is 5.11 Å². The highest BCUT2D eigenvalue weighted by molar-refractivity contribution is 7.99. The fraction of sp³-hybridized carbons (Fsp3) is 0.667. The second kappa shape index (κ2) is 9.50. The number of carbonyl (C=O) groups excluding carboxylic acids is 2. The Bertz CT molecular complexity index is 428. The van der Waals surface area contributed by atoms with Gasteiger partial charge in [0.15, 0.2) is 0 Å². The Kier molecular flexibility index (Phi) is 8.01. The first-order chi connectivity index (χ1) is 10.5. The third-order valence-corrected chi connectivity index (χ3v) is 4.54. The van der Waals surface area contributed by atoms with E-state index >= 15 is 0 Å². The number of nitrogens with zero attached hydrogens (tertiary/aromatic N) is 1. The number of amides is 2. The molecule has 1 aliphatic rings. The lowest BCUT2D eigenvalue weighted by Gasteiger charge is -2.24. The number of carboxylic acids is 1. The van der Waals surface area contributed by atoms with Crippen LogP contribution in [0.3, 0.4) is 0 Å². The van der Waals surface area contributed by atoms with Crippen LogP contribution in [0.15, 0.2) is 12.7 Å². The average molecular weight is 328 g/mol. The zero-order valence-corrected chi connectivity index (χ0v) is 13.7. The Morgan fingerprint density at radius 1 is 1.50 bits per heavy atom. The van der Waals surface area contributed by atoms with Crippen molar-refractivity contribution in [3.63, 3.8) is 0 Å². The molecule has 2 amide bonds. The summed E-state index contributed by atoms with van der Waals surface area (Å²) in [4.78, 5) is 37.2. The van der Waals surface area contributed by atoms with Gasteiger partial charge in [-0.05, 0) is 19.3 Å². The van der Waals surface area contributed by atoms with Crippen molar-refractivity contribution in [3.8, 4) is 0 Å². The highest BCUT2D eigenvalue weighted by Crippen LogP contribution is 2.22. The molecular weight excluding hydrogens is 304 g/mol. The predicted octanol–water partition coefficient (Wildman–Crippen LogP) is 1.61. The average Bonchev–Trinajstić information content (AvgIpc) is 2.98. The minimum Gasteiger partial charge on any atom is -0.480 e. The molecular formula is C15H24N2O4S. The van der Waals surface area contributed by atoms with Gasteiger partial charge in [0.05, 0.1) is 5.88 Å². The molecule has 124 valence electrons. The molecule has 0 radical (unpaired) electrons. The summed E-state index contributed by atoms with van der Waals surface area (Å²) in [6.45, 7) is 5.56. The first kappa shape index (κ1) is 18.5. The summed E-state index contributed by atoms with van der Waals surface area (Å²) in [6.07, 6.45) is 4.58. The fourth-order valence-electron chi connectivity index (χ4n) is 2.19. The van der Waals surface area contributed by atoms with Crippen molar-refractivity contribution in [2.75, 3.05) is 11.6 Å². The Balaban J connectivity index is 2.63. The zero-order chi connectivity index (χ0) is 16.5. The lowest BCUT2D eigenvalue weighted by molar-refractivity contribution is -0.143. The molecule has 22 heavy (non-hydrogen) atoms. The van der Waals surface area contributed by atoms with Crippen LogP contribution < -0.4 is 5.32 Å². The number of allylic oxidation sites excluding steroid dienone is 1. The van der Waals surface area contributed by atoms with Gasteiger partial charge < -0.3 is 15.3 Å². The molecule has 0 aliphatic carbocycles. The van der Waals surface area contributed by atoms with E-state index in [0.29, 0.717) is 30.9 Å². The highest BCUT2D eigenvalue weighted by Gasteiger charge is 2.35. The number of rotatable bonds is 9. The summed E-state index contributed by atoms with van der Waals surface area (Å²) in [5.74, 6) is -0.483. The summed E-state index contributed by atoms with van der Waals surface area (Å²) in [7, 11) is 0. The number of unbranched alkanes of at least 4 members (excludes halogenated alkanes) is 1. The van der Waals surface area contributed by atoms with Crippen LogP contribution in [0.2, 0.25) is 0 Å². The van der Waals surface area contributed by atoms with Gasteiger partial charge in [-0.15, -0.1) is 18.3 Å². The first-order valence-corrected chi connectivity index (χ1v) is 8.68. The standard InChI is InChI=1S/C15H24N2O4S/c1-3-5-7-11(15(20)21)16-14(19)12-9-22-10-17(12)13(18)8-6-4-2/h3,11-12H,1,4-10H2,2H3,(H,16,19)(H,20,21). The van der Waals surface area contributed by atoms with Crippen LogP contribution in [0.4, 0.5) is 0 Å². The second-order valence-corrected chi connectivity index (χ2v) is 6.25. The first-order valence-electron chi connectivity index (χ1n) is 7.52. The zero-order valence-electron chi connectivity index (χ0n) is 12.9. The van der Waals surface area contributed by atoms with Crippen molar-refractivity contribution >= 4 is 29.5 Å². The van der Waals surface area contributed by atoms with E-state index in [9.17, 15) is 14.4 Å². The van der Waals surface area contributed by atoms with Gasteiger partial charge in [-0.3, -0.25) is 9.59 Å². The van der Waals surface area contributed by atoms with Crippen LogP contribution in [-0.2, 0) is 14.4 Å². The summed E-state index contributed by atoms with van der Waals surface area (Å²) in [5.41, 5.74) is 0. The van der Waals surface area contributed by atoms with E-state index in [2.05, 4.69) is 11.9 Å². The smallest absolute Gasteiger partial charge is 0.326 e. The largest absolute Gasteiger partial charge is 0.480 e. The van der Waals surface area contributed by atoms with Crippen molar-refractivity contribution in [3.05, 3.63) is 12.7 Å². The number of nitrogens with one attached hydrogen (secondary N) is 1. The summed E-state index contributed by atoms with van der Waals surface area (Å²) >= 11 is 1.51. The molecule has 1 heterocycles. The van der Waals surface area contributed by atoms with Crippen molar-refractivity contribution in [2.45, 2.75) is 51.1 Å². The molecule has 7 heteroatoms. The molecule has 2 N–H and O–H groups in total. The molecule has 2 unspecified atom stereocenters. The maximum atomic E-state index is 12.3. The minimum absolute atomic E-state index is 0.0371. The fourth-order valence-corrected chi connectivity index (χ4v) is 3.37. The number of carbonyl (C=O) groups is 3. The van der Waals surface area contributed by atoms with Gasteiger partial charge in [0.1, 0.15) is 12.1 Å². The molecule has 0 aromatic carbocycles. The molecule has 1 saturated heterocycles. The maximum Gasteiger partial charge on any atom is 0.326 e. The van der Waals surface area contributed by atoms with Gasteiger partial charge in [0.2, 0.25) is 11.8 Å². The van der Waals surface area contributed by atoms with E-state index in [0.717, 1.165) is 12.8 Å². The van der Waals surface area contributed by atoms with Crippen molar-refractivity contribution in [1.82, 2.24) is 10.2 Å². The molecule has 2 atom stereocenters. The number of hydrogen-bond donors (Lipinski definition) is 2. The molecule has 0 saturated carbocycles. The monoisotopic (exact) mass is 328 g/mol. The summed E-state index contributed by atoms with van der Waals surface area (Å²) in [6, 6.07) is -1.51. The Morgan fingerprint density at radius 2 is 2.23 bits per heavy atom. The number of hydrogen-bond acceptors (Lipinski definition) is 4. The Labute approximate surface area is 135 Å². The topological polar surface area (TPSA) is 86.7 Å². The predicted molar refractivity (Wildman–Crippen MR) is 86.5 cm³/mol. The van der Waals surface area contributed by atoms with E-state index < -0.39 is 18.1 Å². The van der Waals surface area contributed by atoms with E-state index in [1.54, 1.807) is 11.0 Å². The van der Waals surface area contributed by atoms with Crippen LogP contribution in [0.5, 0.6) is 0 Å². The van der Waals surface area contributed by atoms with Crippen molar-refractivity contribution < 1.29 is 19.5 Å². The van der Waals surface area contributed by atoms with Gasteiger partial charge in [-0.25, -0.2) is 4.79 Å². The molecule has 0 aromatic heterocycles. The van der Waals surface area contributed by atoms with Crippen LogP contribution in [0.25, 0.3) is 0 Å². The highest BCUT2D eigenvalue weighted by atomic mass is 32.2. The Hall–Kier alpha value is -1.50. The van der Waals surface area contributed by atoms with Crippen LogP contribution >= 0.6 is 11.8 Å². The van der Waals surface area contributed by atoms with E-state index in [1.165, 1.54) is 11.8 Å². The number of aliphatic carboxylic acids is 1. The van der Waals surface area contributed by atoms with Gasteiger partial charge in [0.25, 0.3) is 0 Å². The van der Waals surface area contributed by atoms with Gasteiger partial charge in [-0.1, -0.05) is 19.4 Å². The lowest BCUT2D eigenvalue weighted by Crippen LogP contribution is -2.51. The minimum atomic E-state index is -1.07. The second-order valence-electron chi connectivity index (χ2n) is 5.25. The van der Waals surface area contributed by atoms with Crippen molar-refractivity contribution in [2.24, 2.45) is 0 Å². The molecule has 1 fully saturated rings. The SMILES string of the molecule is C=CCCC(NC(=O)C1CSCN1C(=O)CCCC)C(=O)O. The third-order valence-electron chi connectivity index (χ3n) is 3.52. The number of thioether (sulfide) groups is 1. The summed E-state index contributed by atoms with van der Waals surface area (Å²) < 4.78 is 0. The number of carboxylic acid groups (broad SMARTS) is 1. The van der Waals surface area contributed by atoms with Crippen molar-refractivity contribution in [1.29, 1.82) is 0 Å².